The van der Waals surface area contributed by atoms with Gasteiger partial charge in [0.2, 0.25) is 0 Å². The zero-order valence-corrected chi connectivity index (χ0v) is 9.81. The standard InChI is InChI=1S/C12H23NO/c1-4-11(2,3)9-13-7-8-14-10-12(13)5-6-12/h4-10H2,1-3H3. The second kappa shape index (κ2) is 3.49. The molecule has 1 spiro atoms. The number of rotatable bonds is 3. The summed E-state index contributed by atoms with van der Waals surface area (Å²) in [6, 6.07) is 0. The van der Waals surface area contributed by atoms with Crippen LogP contribution in [0.1, 0.15) is 40.0 Å². The molecule has 2 nitrogen and oxygen atoms in total. The van der Waals surface area contributed by atoms with Crippen molar-refractivity contribution in [3.8, 4) is 0 Å². The van der Waals surface area contributed by atoms with E-state index in [0.717, 1.165) is 19.8 Å². The summed E-state index contributed by atoms with van der Waals surface area (Å²) in [6.45, 7) is 11.3. The summed E-state index contributed by atoms with van der Waals surface area (Å²) in [4.78, 5) is 2.68. The fourth-order valence-electron chi connectivity index (χ4n) is 2.25. The monoisotopic (exact) mass is 197 g/mol. The van der Waals surface area contributed by atoms with Crippen molar-refractivity contribution in [1.82, 2.24) is 4.90 Å². The van der Waals surface area contributed by atoms with Gasteiger partial charge in [-0.3, -0.25) is 4.90 Å². The van der Waals surface area contributed by atoms with E-state index in [9.17, 15) is 0 Å². The maximum absolute atomic E-state index is 5.58. The van der Waals surface area contributed by atoms with Crippen LogP contribution in [0.3, 0.4) is 0 Å². The molecule has 0 unspecified atom stereocenters. The van der Waals surface area contributed by atoms with Crippen molar-refractivity contribution in [1.29, 1.82) is 0 Å². The van der Waals surface area contributed by atoms with Gasteiger partial charge in [0.1, 0.15) is 0 Å². The van der Waals surface area contributed by atoms with Crippen molar-refractivity contribution in [2.24, 2.45) is 5.41 Å². The second-order valence-electron chi connectivity index (χ2n) is 5.72. The molecular formula is C12H23NO. The molecule has 1 heterocycles. The molecule has 0 bridgehead atoms. The van der Waals surface area contributed by atoms with E-state index in [2.05, 4.69) is 25.7 Å². The molecule has 2 heteroatoms. The SMILES string of the molecule is CCC(C)(C)CN1CCOCC12CC2. The van der Waals surface area contributed by atoms with Gasteiger partial charge in [0.25, 0.3) is 0 Å². The Bertz CT molecular complexity index is 208. The van der Waals surface area contributed by atoms with Crippen molar-refractivity contribution in [3.63, 3.8) is 0 Å². The minimum absolute atomic E-state index is 0.463. The van der Waals surface area contributed by atoms with E-state index in [0.29, 0.717) is 11.0 Å². The second-order valence-corrected chi connectivity index (χ2v) is 5.72. The minimum Gasteiger partial charge on any atom is -0.378 e. The number of ether oxygens (including phenoxy) is 1. The first-order chi connectivity index (χ1) is 6.58. The van der Waals surface area contributed by atoms with E-state index in [1.807, 2.05) is 0 Å². The molecule has 1 saturated carbocycles. The Hall–Kier alpha value is -0.0800. The molecule has 2 rings (SSSR count). The summed E-state index contributed by atoms with van der Waals surface area (Å²) in [5.41, 5.74) is 0.928. The Morgan fingerprint density at radius 1 is 1.36 bits per heavy atom. The normalized spacial score (nSPS) is 26.8. The fourth-order valence-corrected chi connectivity index (χ4v) is 2.25. The van der Waals surface area contributed by atoms with Crippen LogP contribution in [-0.4, -0.2) is 36.7 Å². The molecule has 0 atom stereocenters. The first-order valence-electron chi connectivity index (χ1n) is 5.91. The van der Waals surface area contributed by atoms with Crippen molar-refractivity contribution >= 4 is 0 Å². The van der Waals surface area contributed by atoms with Gasteiger partial charge < -0.3 is 4.74 Å². The molecule has 0 N–H and O–H groups in total. The highest BCUT2D eigenvalue weighted by molar-refractivity contribution is 5.06. The van der Waals surface area contributed by atoms with Gasteiger partial charge in [0, 0.05) is 18.6 Å². The first-order valence-corrected chi connectivity index (χ1v) is 5.91. The maximum Gasteiger partial charge on any atom is 0.0651 e. The summed E-state index contributed by atoms with van der Waals surface area (Å²) >= 11 is 0. The Morgan fingerprint density at radius 2 is 2.07 bits per heavy atom. The van der Waals surface area contributed by atoms with Crippen molar-refractivity contribution in [2.45, 2.75) is 45.6 Å². The van der Waals surface area contributed by atoms with E-state index in [1.54, 1.807) is 0 Å². The Labute approximate surface area is 87.6 Å². The fraction of sp³-hybridized carbons (Fsp3) is 1.00. The lowest BCUT2D eigenvalue weighted by Gasteiger charge is -2.40. The molecular weight excluding hydrogens is 174 g/mol. The summed E-state index contributed by atoms with van der Waals surface area (Å²) < 4.78 is 5.58. The average molecular weight is 197 g/mol. The van der Waals surface area contributed by atoms with Crippen molar-refractivity contribution < 1.29 is 4.74 Å². The largest absolute Gasteiger partial charge is 0.378 e. The van der Waals surface area contributed by atoms with Crippen LogP contribution in [0.4, 0.5) is 0 Å². The summed E-state index contributed by atoms with van der Waals surface area (Å²) in [5, 5.41) is 0. The highest BCUT2D eigenvalue weighted by Crippen LogP contribution is 2.44. The number of nitrogens with zero attached hydrogens (tertiary/aromatic N) is 1. The Balaban J connectivity index is 1.96. The quantitative estimate of drug-likeness (QED) is 0.688. The van der Waals surface area contributed by atoms with Crippen LogP contribution in [0.15, 0.2) is 0 Å². The molecule has 1 aliphatic heterocycles. The minimum atomic E-state index is 0.463. The predicted molar refractivity (Wildman–Crippen MR) is 58.4 cm³/mol. The summed E-state index contributed by atoms with van der Waals surface area (Å²) in [6.07, 6.45) is 3.97. The zero-order valence-electron chi connectivity index (χ0n) is 9.81. The molecule has 82 valence electrons. The van der Waals surface area contributed by atoms with Crippen LogP contribution in [0.2, 0.25) is 0 Å². The van der Waals surface area contributed by atoms with Crippen LogP contribution >= 0.6 is 0 Å². The summed E-state index contributed by atoms with van der Waals surface area (Å²) in [7, 11) is 0. The van der Waals surface area contributed by atoms with E-state index in [4.69, 9.17) is 4.74 Å². The zero-order chi connectivity index (χ0) is 10.2. The third-order valence-electron chi connectivity index (χ3n) is 3.95. The van der Waals surface area contributed by atoms with Crippen molar-refractivity contribution in [2.75, 3.05) is 26.3 Å². The van der Waals surface area contributed by atoms with Crippen LogP contribution in [0, 0.1) is 5.41 Å². The highest BCUT2D eigenvalue weighted by atomic mass is 16.5. The van der Waals surface area contributed by atoms with Gasteiger partial charge in [-0.15, -0.1) is 0 Å². The number of hydrogen-bond acceptors (Lipinski definition) is 2. The lowest BCUT2D eigenvalue weighted by atomic mass is 9.89. The molecule has 1 aliphatic carbocycles. The average Bonchev–Trinajstić information content (AvgIpc) is 2.91. The molecule has 0 aromatic heterocycles. The lowest BCUT2D eigenvalue weighted by molar-refractivity contribution is -0.0356. The van der Waals surface area contributed by atoms with Gasteiger partial charge in [0.15, 0.2) is 0 Å². The van der Waals surface area contributed by atoms with Gasteiger partial charge in [0.05, 0.1) is 13.2 Å². The van der Waals surface area contributed by atoms with Gasteiger partial charge >= 0.3 is 0 Å². The highest BCUT2D eigenvalue weighted by Gasteiger charge is 2.50. The molecule has 0 amide bonds. The molecule has 0 aromatic rings. The van der Waals surface area contributed by atoms with E-state index >= 15 is 0 Å². The third-order valence-corrected chi connectivity index (χ3v) is 3.95. The van der Waals surface area contributed by atoms with E-state index < -0.39 is 0 Å². The predicted octanol–water partition coefficient (Wildman–Crippen LogP) is 2.29. The first kappa shape index (κ1) is 10.4. The van der Waals surface area contributed by atoms with Crippen LogP contribution in [-0.2, 0) is 4.74 Å². The van der Waals surface area contributed by atoms with Gasteiger partial charge in [-0.1, -0.05) is 20.8 Å². The molecule has 2 aliphatic rings. The molecule has 14 heavy (non-hydrogen) atoms. The smallest absolute Gasteiger partial charge is 0.0651 e. The molecule has 1 saturated heterocycles. The van der Waals surface area contributed by atoms with Gasteiger partial charge in [-0.2, -0.15) is 0 Å². The molecule has 0 aromatic carbocycles. The van der Waals surface area contributed by atoms with Crippen LogP contribution < -0.4 is 0 Å². The van der Waals surface area contributed by atoms with Gasteiger partial charge in [-0.05, 0) is 24.7 Å². The molecule has 0 radical (unpaired) electrons. The Kier molecular flexibility index (Phi) is 2.61. The maximum atomic E-state index is 5.58. The van der Waals surface area contributed by atoms with E-state index in [1.165, 1.54) is 25.8 Å². The Morgan fingerprint density at radius 3 is 2.64 bits per heavy atom. The lowest BCUT2D eigenvalue weighted by Crippen LogP contribution is -2.50. The van der Waals surface area contributed by atoms with Crippen LogP contribution in [0.5, 0.6) is 0 Å². The van der Waals surface area contributed by atoms with Crippen LogP contribution in [0.25, 0.3) is 0 Å². The third kappa shape index (κ3) is 1.96. The van der Waals surface area contributed by atoms with Crippen molar-refractivity contribution in [3.05, 3.63) is 0 Å². The topological polar surface area (TPSA) is 12.5 Å². The summed E-state index contributed by atoms with van der Waals surface area (Å²) in [5.74, 6) is 0. The molecule has 2 fully saturated rings. The number of hydrogen-bond donors (Lipinski definition) is 0. The van der Waals surface area contributed by atoms with Gasteiger partial charge in [-0.25, -0.2) is 0 Å². The van der Waals surface area contributed by atoms with E-state index in [-0.39, 0.29) is 0 Å². The number of morpholine rings is 1.